The predicted octanol–water partition coefficient (Wildman–Crippen LogP) is 1.29. The standard InChI is InChI=1S/C20H23N9O/c1-12-10-29-18(13(2)22-12)23-20(26-29)24-19(30)14-4-5-16(28-8-6-21-7-9-28)17-15(14)11-27(3)25-17/h4-5,10-11,21H,6-9H2,1-3H3,(H,24,26,30). The van der Waals surface area contributed by atoms with Gasteiger partial charge < -0.3 is 10.2 Å². The maximum atomic E-state index is 13.1. The molecule has 0 bridgehead atoms. The smallest absolute Gasteiger partial charge is 0.258 e. The van der Waals surface area contributed by atoms with E-state index in [-0.39, 0.29) is 11.9 Å². The molecule has 0 radical (unpaired) electrons. The fourth-order valence-corrected chi connectivity index (χ4v) is 3.97. The van der Waals surface area contributed by atoms with Crippen LogP contribution in [0, 0.1) is 13.8 Å². The minimum atomic E-state index is -0.266. The molecule has 1 amide bonds. The topological polar surface area (TPSA) is 105 Å². The Balaban J connectivity index is 1.50. The molecule has 4 aromatic rings. The fraction of sp³-hybridized carbons (Fsp3) is 0.350. The van der Waals surface area contributed by atoms with Crippen LogP contribution in [0.5, 0.6) is 0 Å². The molecule has 0 spiro atoms. The van der Waals surface area contributed by atoms with Crippen LogP contribution < -0.4 is 15.5 Å². The quantitative estimate of drug-likeness (QED) is 0.529. The number of piperazine rings is 1. The van der Waals surface area contributed by atoms with Gasteiger partial charge in [0.2, 0.25) is 5.95 Å². The van der Waals surface area contributed by atoms with Gasteiger partial charge in [-0.3, -0.25) is 19.8 Å². The summed E-state index contributed by atoms with van der Waals surface area (Å²) in [5, 5.41) is 16.0. The minimum Gasteiger partial charge on any atom is -0.367 e. The zero-order valence-corrected chi connectivity index (χ0v) is 17.2. The number of carbonyl (C=O) groups is 1. The number of hydrogen-bond donors (Lipinski definition) is 2. The molecule has 154 valence electrons. The van der Waals surface area contributed by atoms with Gasteiger partial charge in [-0.1, -0.05) is 0 Å². The van der Waals surface area contributed by atoms with Gasteiger partial charge >= 0.3 is 0 Å². The van der Waals surface area contributed by atoms with Crippen LogP contribution in [0.25, 0.3) is 16.6 Å². The molecule has 0 aliphatic carbocycles. The molecule has 0 unspecified atom stereocenters. The number of anilines is 2. The van der Waals surface area contributed by atoms with Crippen LogP contribution in [0.1, 0.15) is 21.7 Å². The number of aromatic nitrogens is 6. The third kappa shape index (κ3) is 3.14. The zero-order valence-electron chi connectivity index (χ0n) is 17.2. The minimum absolute atomic E-state index is 0.249. The molecule has 30 heavy (non-hydrogen) atoms. The number of nitrogens with zero attached hydrogens (tertiary/aromatic N) is 7. The van der Waals surface area contributed by atoms with Crippen molar-refractivity contribution in [2.45, 2.75) is 13.8 Å². The van der Waals surface area contributed by atoms with Crippen molar-refractivity contribution in [1.29, 1.82) is 0 Å². The first-order chi connectivity index (χ1) is 14.5. The van der Waals surface area contributed by atoms with Crippen molar-refractivity contribution in [3.63, 3.8) is 0 Å². The SMILES string of the molecule is Cc1cn2nc(NC(=O)c3ccc(N4CCNCC4)c4nn(C)cc34)nc2c(C)n1. The lowest BCUT2D eigenvalue weighted by Gasteiger charge is -2.29. The van der Waals surface area contributed by atoms with Gasteiger partial charge in [-0.15, -0.1) is 5.10 Å². The van der Waals surface area contributed by atoms with E-state index in [1.54, 1.807) is 15.4 Å². The summed E-state index contributed by atoms with van der Waals surface area (Å²) < 4.78 is 3.38. The zero-order chi connectivity index (χ0) is 20.8. The van der Waals surface area contributed by atoms with Crippen molar-refractivity contribution in [2.75, 3.05) is 36.4 Å². The van der Waals surface area contributed by atoms with Crippen LogP contribution >= 0.6 is 0 Å². The van der Waals surface area contributed by atoms with Crippen LogP contribution in [-0.4, -0.2) is 61.4 Å². The summed E-state index contributed by atoms with van der Waals surface area (Å²) in [5.41, 5.74) is 4.64. The molecule has 2 N–H and O–H groups in total. The highest BCUT2D eigenvalue weighted by molar-refractivity contribution is 6.13. The first-order valence-corrected chi connectivity index (χ1v) is 9.93. The lowest BCUT2D eigenvalue weighted by Crippen LogP contribution is -2.43. The van der Waals surface area contributed by atoms with Gasteiger partial charge in [-0.25, -0.2) is 4.52 Å². The van der Waals surface area contributed by atoms with Crippen molar-refractivity contribution in [1.82, 2.24) is 34.7 Å². The fourth-order valence-electron chi connectivity index (χ4n) is 3.97. The molecule has 10 heteroatoms. The first-order valence-electron chi connectivity index (χ1n) is 9.93. The molecular formula is C20H23N9O. The van der Waals surface area contributed by atoms with Crippen molar-refractivity contribution >= 4 is 34.1 Å². The molecule has 0 atom stereocenters. The van der Waals surface area contributed by atoms with E-state index in [4.69, 9.17) is 0 Å². The van der Waals surface area contributed by atoms with Crippen LogP contribution in [0.4, 0.5) is 11.6 Å². The lowest BCUT2D eigenvalue weighted by molar-refractivity contribution is 0.102. The molecule has 1 saturated heterocycles. The Hall–Kier alpha value is -3.53. The Bertz CT molecular complexity index is 1270. The molecule has 1 fully saturated rings. The molecule has 4 heterocycles. The van der Waals surface area contributed by atoms with Crippen molar-refractivity contribution < 1.29 is 4.79 Å². The van der Waals surface area contributed by atoms with Crippen molar-refractivity contribution in [3.8, 4) is 0 Å². The van der Waals surface area contributed by atoms with Crippen molar-refractivity contribution in [2.24, 2.45) is 7.05 Å². The molecule has 1 aliphatic rings. The number of hydrogen-bond acceptors (Lipinski definition) is 7. The summed E-state index contributed by atoms with van der Waals surface area (Å²) in [7, 11) is 1.87. The summed E-state index contributed by atoms with van der Waals surface area (Å²) in [6.07, 6.45) is 3.66. The normalized spacial score (nSPS) is 14.6. The van der Waals surface area contributed by atoms with Gasteiger partial charge in [0.15, 0.2) is 5.65 Å². The number of amides is 1. The van der Waals surface area contributed by atoms with E-state index >= 15 is 0 Å². The van der Waals surface area contributed by atoms with E-state index in [0.29, 0.717) is 11.2 Å². The molecule has 3 aromatic heterocycles. The monoisotopic (exact) mass is 405 g/mol. The molecule has 1 aliphatic heterocycles. The summed E-state index contributed by atoms with van der Waals surface area (Å²) in [4.78, 5) is 24.2. The predicted molar refractivity (Wildman–Crippen MR) is 114 cm³/mol. The van der Waals surface area contributed by atoms with Crippen LogP contribution in [0.3, 0.4) is 0 Å². The van der Waals surface area contributed by atoms with E-state index in [2.05, 4.69) is 35.7 Å². The highest BCUT2D eigenvalue weighted by atomic mass is 16.1. The second-order valence-electron chi connectivity index (χ2n) is 7.56. The molecule has 1 aromatic carbocycles. The summed E-state index contributed by atoms with van der Waals surface area (Å²) in [5.74, 6) is -0.0168. The van der Waals surface area contributed by atoms with E-state index in [0.717, 1.165) is 54.2 Å². The summed E-state index contributed by atoms with van der Waals surface area (Å²) >= 11 is 0. The Labute approximate surface area is 172 Å². The Morgan fingerprint density at radius 1 is 1.10 bits per heavy atom. The number of carbonyl (C=O) groups excluding carboxylic acids is 1. The van der Waals surface area contributed by atoms with Gasteiger partial charge in [0.1, 0.15) is 5.52 Å². The number of benzene rings is 1. The second kappa shape index (κ2) is 7.06. The molecule has 10 nitrogen and oxygen atoms in total. The van der Waals surface area contributed by atoms with Crippen LogP contribution in [0.15, 0.2) is 24.5 Å². The summed E-state index contributed by atoms with van der Waals surface area (Å²) in [6, 6.07) is 3.83. The Morgan fingerprint density at radius 2 is 1.90 bits per heavy atom. The highest BCUT2D eigenvalue weighted by Crippen LogP contribution is 2.29. The maximum absolute atomic E-state index is 13.1. The largest absolute Gasteiger partial charge is 0.367 e. The van der Waals surface area contributed by atoms with E-state index < -0.39 is 0 Å². The first kappa shape index (κ1) is 18.5. The number of nitrogens with one attached hydrogen (secondary N) is 2. The maximum Gasteiger partial charge on any atom is 0.258 e. The van der Waals surface area contributed by atoms with E-state index in [9.17, 15) is 4.79 Å². The van der Waals surface area contributed by atoms with E-state index in [1.807, 2.05) is 39.2 Å². The highest BCUT2D eigenvalue weighted by Gasteiger charge is 2.21. The number of fused-ring (bicyclic) bond motifs is 2. The van der Waals surface area contributed by atoms with Gasteiger partial charge in [-0.2, -0.15) is 10.1 Å². The third-order valence-electron chi connectivity index (χ3n) is 5.31. The summed E-state index contributed by atoms with van der Waals surface area (Å²) in [6.45, 7) is 7.46. The Kier molecular flexibility index (Phi) is 4.35. The van der Waals surface area contributed by atoms with Gasteiger partial charge in [0.25, 0.3) is 5.91 Å². The van der Waals surface area contributed by atoms with Crippen LogP contribution in [-0.2, 0) is 7.05 Å². The number of rotatable bonds is 3. The average molecular weight is 405 g/mol. The van der Waals surface area contributed by atoms with Gasteiger partial charge in [0, 0.05) is 44.8 Å². The third-order valence-corrected chi connectivity index (χ3v) is 5.31. The Morgan fingerprint density at radius 3 is 2.70 bits per heavy atom. The molecule has 0 saturated carbocycles. The van der Waals surface area contributed by atoms with Gasteiger partial charge in [-0.05, 0) is 26.0 Å². The molecular weight excluding hydrogens is 382 g/mol. The lowest BCUT2D eigenvalue weighted by atomic mass is 10.1. The van der Waals surface area contributed by atoms with Gasteiger partial charge in [0.05, 0.1) is 28.8 Å². The molecule has 5 rings (SSSR count). The number of aryl methyl sites for hydroxylation is 3. The van der Waals surface area contributed by atoms with Crippen molar-refractivity contribution in [3.05, 3.63) is 41.5 Å². The average Bonchev–Trinajstić information content (AvgIpc) is 3.30. The van der Waals surface area contributed by atoms with E-state index in [1.165, 1.54) is 0 Å². The van der Waals surface area contributed by atoms with Crippen LogP contribution in [0.2, 0.25) is 0 Å². The second-order valence-corrected chi connectivity index (χ2v) is 7.56.